The Kier molecular flexibility index (Phi) is 14.6. The summed E-state index contributed by atoms with van der Waals surface area (Å²) in [5.41, 5.74) is 0. The number of rotatable bonds is 15. The van der Waals surface area contributed by atoms with Crippen LogP contribution in [0, 0.1) is 0 Å². The van der Waals surface area contributed by atoms with Gasteiger partial charge in [-0.3, -0.25) is 9.59 Å². The van der Waals surface area contributed by atoms with Gasteiger partial charge in [0.15, 0.2) is 0 Å². The Balaban J connectivity index is 3.79. The monoisotopic (exact) mass is 340 g/mol. The van der Waals surface area contributed by atoms with Crippen molar-refractivity contribution in [1.29, 1.82) is 0 Å². The van der Waals surface area contributed by atoms with E-state index in [2.05, 4.69) is 13.0 Å². The number of unbranched alkanes of at least 4 members (excludes halogenated alkanes) is 7. The van der Waals surface area contributed by atoms with E-state index in [0.717, 1.165) is 57.1 Å². The van der Waals surface area contributed by atoms with E-state index in [9.17, 15) is 9.59 Å². The molecule has 1 atom stereocenters. The zero-order chi connectivity index (χ0) is 18.2. The number of carbonyl (C=O) groups is 2. The third kappa shape index (κ3) is 15.7. The molecule has 0 aromatic carbocycles. The van der Waals surface area contributed by atoms with Crippen LogP contribution in [0.2, 0.25) is 0 Å². The molecule has 1 unspecified atom stereocenters. The van der Waals surface area contributed by atoms with Gasteiger partial charge in [0.2, 0.25) is 0 Å². The molecule has 0 aliphatic heterocycles. The molecule has 0 aromatic heterocycles. The summed E-state index contributed by atoms with van der Waals surface area (Å²) in [7, 11) is 0. The Morgan fingerprint density at radius 1 is 1.00 bits per heavy atom. The van der Waals surface area contributed by atoms with Crippen molar-refractivity contribution in [1.82, 2.24) is 0 Å². The molecular weight excluding hydrogens is 304 g/mol. The maximum absolute atomic E-state index is 11.5. The second-order valence-corrected chi connectivity index (χ2v) is 6.62. The second-order valence-electron chi connectivity index (χ2n) is 6.62. The minimum Gasteiger partial charge on any atom is -0.432 e. The van der Waals surface area contributed by atoms with Gasteiger partial charge in [-0.05, 0) is 38.7 Å². The van der Waals surface area contributed by atoms with E-state index < -0.39 is 6.10 Å². The molecule has 0 heterocycles. The van der Waals surface area contributed by atoms with Crippen molar-refractivity contribution in [2.45, 2.75) is 104 Å². The summed E-state index contributed by atoms with van der Waals surface area (Å²) < 4.78 is 5.28. The number of hydrogen-bond donors (Lipinski definition) is 1. The first-order valence-electron chi connectivity index (χ1n) is 9.52. The SMILES string of the molecule is CCCCC/C=C(/CCCCCCCC(=O)CC(C)O)OC(C)=O. The van der Waals surface area contributed by atoms with Crippen LogP contribution in [0.15, 0.2) is 11.8 Å². The number of ketones is 1. The molecule has 0 saturated carbocycles. The van der Waals surface area contributed by atoms with Gasteiger partial charge in [0, 0.05) is 26.2 Å². The fourth-order valence-corrected chi connectivity index (χ4v) is 2.62. The highest BCUT2D eigenvalue weighted by molar-refractivity contribution is 5.78. The summed E-state index contributed by atoms with van der Waals surface area (Å²) in [6.45, 7) is 5.27. The number of allylic oxidation sites excluding steroid dienone is 2. The standard InChI is InChI=1S/C20H36O4/c1-4-5-6-11-14-20(24-18(3)22)15-12-9-7-8-10-13-19(23)16-17(2)21/h14,17,21H,4-13,15-16H2,1-3H3/b20-14-. The summed E-state index contributed by atoms with van der Waals surface area (Å²) in [6.07, 6.45) is 12.8. The van der Waals surface area contributed by atoms with Gasteiger partial charge in [0.25, 0.3) is 0 Å². The number of aliphatic hydroxyl groups excluding tert-OH is 1. The van der Waals surface area contributed by atoms with Crippen molar-refractivity contribution in [3.63, 3.8) is 0 Å². The third-order valence-corrected chi connectivity index (χ3v) is 3.86. The van der Waals surface area contributed by atoms with Gasteiger partial charge >= 0.3 is 5.97 Å². The van der Waals surface area contributed by atoms with E-state index in [0.29, 0.717) is 6.42 Å². The van der Waals surface area contributed by atoms with Gasteiger partial charge in [-0.25, -0.2) is 0 Å². The molecular formula is C20H36O4. The van der Waals surface area contributed by atoms with Crippen LogP contribution in [0.3, 0.4) is 0 Å². The lowest BCUT2D eigenvalue weighted by molar-refractivity contribution is -0.137. The molecule has 0 amide bonds. The highest BCUT2D eigenvalue weighted by Crippen LogP contribution is 2.15. The van der Waals surface area contributed by atoms with Crippen LogP contribution >= 0.6 is 0 Å². The maximum Gasteiger partial charge on any atom is 0.307 e. The summed E-state index contributed by atoms with van der Waals surface area (Å²) in [4.78, 5) is 22.6. The van der Waals surface area contributed by atoms with Crippen LogP contribution in [0.1, 0.15) is 97.8 Å². The van der Waals surface area contributed by atoms with E-state index >= 15 is 0 Å². The predicted octanol–water partition coefficient (Wildman–Crippen LogP) is 5.08. The lowest BCUT2D eigenvalue weighted by atomic mass is 10.0. The van der Waals surface area contributed by atoms with Gasteiger partial charge < -0.3 is 9.84 Å². The molecule has 0 aliphatic rings. The highest BCUT2D eigenvalue weighted by atomic mass is 16.5. The lowest BCUT2D eigenvalue weighted by Gasteiger charge is -2.08. The molecule has 0 aliphatic carbocycles. The van der Waals surface area contributed by atoms with E-state index in [4.69, 9.17) is 9.84 Å². The fourth-order valence-electron chi connectivity index (χ4n) is 2.62. The topological polar surface area (TPSA) is 63.6 Å². The molecule has 0 bridgehead atoms. The molecule has 140 valence electrons. The van der Waals surface area contributed by atoms with Gasteiger partial charge in [-0.15, -0.1) is 0 Å². The van der Waals surface area contributed by atoms with Gasteiger partial charge in [-0.1, -0.05) is 39.0 Å². The van der Waals surface area contributed by atoms with Gasteiger partial charge in [0.1, 0.15) is 11.5 Å². The summed E-state index contributed by atoms with van der Waals surface area (Å²) in [5.74, 6) is 0.719. The molecule has 0 radical (unpaired) electrons. The van der Waals surface area contributed by atoms with Crippen LogP contribution in [0.5, 0.6) is 0 Å². The van der Waals surface area contributed by atoms with Gasteiger partial charge in [0.05, 0.1) is 6.10 Å². The first-order chi connectivity index (χ1) is 11.5. The minimum atomic E-state index is -0.527. The quantitative estimate of drug-likeness (QED) is 0.256. The lowest BCUT2D eigenvalue weighted by Crippen LogP contribution is -2.08. The summed E-state index contributed by atoms with van der Waals surface area (Å²) in [6, 6.07) is 0. The van der Waals surface area contributed by atoms with Crippen molar-refractivity contribution in [3.05, 3.63) is 11.8 Å². The molecule has 0 rings (SSSR count). The van der Waals surface area contributed by atoms with E-state index in [1.807, 2.05) is 0 Å². The number of ether oxygens (including phenoxy) is 1. The molecule has 0 fully saturated rings. The van der Waals surface area contributed by atoms with Crippen molar-refractivity contribution < 1.29 is 19.4 Å². The van der Waals surface area contributed by atoms with Crippen LogP contribution in [0.4, 0.5) is 0 Å². The first-order valence-corrected chi connectivity index (χ1v) is 9.52. The first kappa shape index (κ1) is 22.8. The van der Waals surface area contributed by atoms with Crippen molar-refractivity contribution in [2.24, 2.45) is 0 Å². The molecule has 1 N–H and O–H groups in total. The Labute approximate surface area is 147 Å². The molecule has 0 aromatic rings. The largest absolute Gasteiger partial charge is 0.432 e. The number of esters is 1. The van der Waals surface area contributed by atoms with Crippen molar-refractivity contribution >= 4 is 11.8 Å². The second kappa shape index (κ2) is 15.4. The Morgan fingerprint density at radius 2 is 1.62 bits per heavy atom. The highest BCUT2D eigenvalue weighted by Gasteiger charge is 2.06. The Hall–Kier alpha value is -1.16. The number of aliphatic hydroxyl groups is 1. The fraction of sp³-hybridized carbons (Fsp3) is 0.800. The van der Waals surface area contributed by atoms with E-state index in [1.165, 1.54) is 19.8 Å². The summed E-state index contributed by atoms with van der Waals surface area (Å²) >= 11 is 0. The van der Waals surface area contributed by atoms with Crippen LogP contribution < -0.4 is 0 Å². The van der Waals surface area contributed by atoms with Crippen LogP contribution in [-0.4, -0.2) is 23.0 Å². The zero-order valence-corrected chi connectivity index (χ0v) is 15.8. The van der Waals surface area contributed by atoms with Crippen molar-refractivity contribution in [3.8, 4) is 0 Å². The molecule has 4 heteroatoms. The van der Waals surface area contributed by atoms with Gasteiger partial charge in [-0.2, -0.15) is 0 Å². The predicted molar refractivity (Wildman–Crippen MR) is 97.6 cm³/mol. The van der Waals surface area contributed by atoms with Crippen LogP contribution in [0.25, 0.3) is 0 Å². The maximum atomic E-state index is 11.5. The van der Waals surface area contributed by atoms with Crippen LogP contribution in [-0.2, 0) is 14.3 Å². The average Bonchev–Trinajstić information content (AvgIpc) is 2.49. The molecule has 0 saturated heterocycles. The Morgan fingerprint density at radius 3 is 2.21 bits per heavy atom. The van der Waals surface area contributed by atoms with E-state index in [-0.39, 0.29) is 18.2 Å². The zero-order valence-electron chi connectivity index (χ0n) is 15.8. The molecule has 0 spiro atoms. The Bertz CT molecular complexity index is 372. The summed E-state index contributed by atoms with van der Waals surface area (Å²) in [5, 5.41) is 9.14. The third-order valence-electron chi connectivity index (χ3n) is 3.86. The van der Waals surface area contributed by atoms with E-state index in [1.54, 1.807) is 6.92 Å². The minimum absolute atomic E-state index is 0.150. The normalized spacial score (nSPS) is 12.9. The molecule has 24 heavy (non-hydrogen) atoms. The van der Waals surface area contributed by atoms with Crippen molar-refractivity contribution in [2.75, 3.05) is 0 Å². The average molecular weight is 341 g/mol. The smallest absolute Gasteiger partial charge is 0.307 e. The number of hydrogen-bond acceptors (Lipinski definition) is 4. The number of carbonyl (C=O) groups excluding carboxylic acids is 2. The molecule has 4 nitrogen and oxygen atoms in total. The number of Topliss-reactive ketones (excluding diaryl/α,β-unsaturated/α-hetero) is 1.